The number of ether oxygens (including phenoxy) is 1. The predicted molar refractivity (Wildman–Crippen MR) is 73.6 cm³/mol. The fourth-order valence-electron chi connectivity index (χ4n) is 1.51. The molecule has 0 radical (unpaired) electrons. The van der Waals surface area contributed by atoms with Crippen LogP contribution in [0.1, 0.15) is 31.9 Å². The second kappa shape index (κ2) is 5.59. The monoisotopic (exact) mass is 245 g/mol. The van der Waals surface area contributed by atoms with Crippen LogP contribution in [0.4, 0.5) is 10.5 Å². The summed E-state index contributed by atoms with van der Waals surface area (Å²) in [6.45, 7) is 7.41. The van der Waals surface area contributed by atoms with E-state index in [1.807, 2.05) is 45.9 Å². The molecule has 0 aliphatic rings. The quantitative estimate of drug-likeness (QED) is 0.810. The molecule has 0 spiro atoms. The molecule has 0 heterocycles. The second-order valence-electron chi connectivity index (χ2n) is 5.16. The molecule has 1 aromatic rings. The lowest BCUT2D eigenvalue weighted by atomic mass is 10.1. The van der Waals surface area contributed by atoms with Crippen LogP contribution in [-0.2, 0) is 11.2 Å². The van der Waals surface area contributed by atoms with Crippen LogP contribution in [0.2, 0.25) is 0 Å². The molecule has 0 aromatic heterocycles. The van der Waals surface area contributed by atoms with E-state index in [0.29, 0.717) is 6.42 Å². The van der Waals surface area contributed by atoms with Crippen molar-refractivity contribution in [1.29, 1.82) is 0 Å². The zero-order valence-corrected chi connectivity index (χ0v) is 11.3. The van der Waals surface area contributed by atoms with E-state index in [-0.39, 0.29) is 0 Å². The van der Waals surface area contributed by atoms with Crippen molar-refractivity contribution in [3.63, 3.8) is 0 Å². The number of rotatable bonds is 2. The number of carbonyl (C=O) groups excluding carboxylic acids is 1. The molecule has 0 bridgehead atoms. The van der Waals surface area contributed by atoms with Gasteiger partial charge in [0.25, 0.3) is 0 Å². The fraction of sp³-hybridized carbons (Fsp3) is 0.400. The summed E-state index contributed by atoms with van der Waals surface area (Å²) in [5.74, 6) is 2.59. The Kier molecular flexibility index (Phi) is 4.38. The Hall–Kier alpha value is -1.95. The normalized spacial score (nSPS) is 10.6. The number of hydrogen-bond donors (Lipinski definition) is 1. The highest BCUT2D eigenvalue weighted by molar-refractivity contribution is 5.85. The minimum absolute atomic E-state index is 0.449. The van der Waals surface area contributed by atoms with Crippen molar-refractivity contribution < 1.29 is 9.53 Å². The number of benzene rings is 1. The van der Waals surface area contributed by atoms with Crippen molar-refractivity contribution in [2.75, 3.05) is 5.32 Å². The van der Waals surface area contributed by atoms with Crippen LogP contribution in [0.5, 0.6) is 0 Å². The number of carbonyl (C=O) groups is 1. The van der Waals surface area contributed by atoms with Crippen LogP contribution in [0.25, 0.3) is 0 Å². The van der Waals surface area contributed by atoms with E-state index in [9.17, 15) is 4.79 Å². The molecule has 0 unspecified atom stereocenters. The van der Waals surface area contributed by atoms with Gasteiger partial charge in [0.1, 0.15) is 5.60 Å². The Bertz CT molecular complexity index is 478. The number of anilines is 1. The zero-order chi connectivity index (χ0) is 13.8. The van der Waals surface area contributed by atoms with Gasteiger partial charge in [-0.25, -0.2) is 4.79 Å². The number of terminal acetylenes is 1. The largest absolute Gasteiger partial charge is 0.444 e. The van der Waals surface area contributed by atoms with Crippen LogP contribution in [0.3, 0.4) is 0 Å². The SMILES string of the molecule is C#CCc1ccc(NC(=O)OC(C)(C)C)c(C)c1. The molecule has 1 N–H and O–H groups in total. The zero-order valence-electron chi connectivity index (χ0n) is 11.3. The molecular weight excluding hydrogens is 226 g/mol. The highest BCUT2D eigenvalue weighted by Gasteiger charge is 2.16. The van der Waals surface area contributed by atoms with Gasteiger partial charge in [0, 0.05) is 12.1 Å². The van der Waals surface area contributed by atoms with Crippen molar-refractivity contribution >= 4 is 11.8 Å². The minimum atomic E-state index is -0.499. The molecular formula is C15H19NO2. The first-order valence-electron chi connectivity index (χ1n) is 5.85. The molecule has 3 nitrogen and oxygen atoms in total. The van der Waals surface area contributed by atoms with Crippen LogP contribution in [0.15, 0.2) is 18.2 Å². The highest BCUT2D eigenvalue weighted by atomic mass is 16.6. The third-order valence-corrected chi connectivity index (χ3v) is 2.23. The first kappa shape index (κ1) is 14.1. The summed E-state index contributed by atoms with van der Waals surface area (Å²) in [6.07, 6.45) is 5.40. The van der Waals surface area contributed by atoms with Crippen molar-refractivity contribution in [3.05, 3.63) is 29.3 Å². The van der Waals surface area contributed by atoms with E-state index in [0.717, 1.165) is 16.8 Å². The summed E-state index contributed by atoms with van der Waals surface area (Å²) in [7, 11) is 0. The van der Waals surface area contributed by atoms with Gasteiger partial charge >= 0.3 is 6.09 Å². The average molecular weight is 245 g/mol. The van der Waals surface area contributed by atoms with Crippen molar-refractivity contribution in [2.24, 2.45) is 0 Å². The lowest BCUT2D eigenvalue weighted by molar-refractivity contribution is 0.0636. The summed E-state index contributed by atoms with van der Waals surface area (Å²) >= 11 is 0. The van der Waals surface area contributed by atoms with Gasteiger partial charge in [-0.05, 0) is 44.9 Å². The molecule has 3 heteroatoms. The highest BCUT2D eigenvalue weighted by Crippen LogP contribution is 2.18. The first-order chi connectivity index (χ1) is 8.31. The Morgan fingerprint density at radius 3 is 2.61 bits per heavy atom. The molecule has 96 valence electrons. The summed E-state index contributed by atoms with van der Waals surface area (Å²) in [5, 5.41) is 2.72. The molecule has 0 saturated carbocycles. The standard InChI is InChI=1S/C15H19NO2/c1-6-7-12-8-9-13(11(2)10-12)16-14(17)18-15(3,4)5/h1,8-10H,7H2,2-5H3,(H,16,17). The van der Waals surface area contributed by atoms with E-state index in [2.05, 4.69) is 11.2 Å². The minimum Gasteiger partial charge on any atom is -0.444 e. The van der Waals surface area contributed by atoms with E-state index in [1.54, 1.807) is 0 Å². The van der Waals surface area contributed by atoms with Crippen molar-refractivity contribution in [3.8, 4) is 12.3 Å². The van der Waals surface area contributed by atoms with Gasteiger partial charge in [-0.1, -0.05) is 12.1 Å². The van der Waals surface area contributed by atoms with Crippen LogP contribution >= 0.6 is 0 Å². The summed E-state index contributed by atoms with van der Waals surface area (Å²) in [4.78, 5) is 11.6. The molecule has 0 atom stereocenters. The van der Waals surface area contributed by atoms with Crippen molar-refractivity contribution in [2.45, 2.75) is 39.7 Å². The Balaban J connectivity index is 2.74. The third kappa shape index (κ3) is 4.50. The Labute approximate surface area is 109 Å². The fourth-order valence-corrected chi connectivity index (χ4v) is 1.51. The Morgan fingerprint density at radius 2 is 2.11 bits per heavy atom. The van der Waals surface area contributed by atoms with Crippen LogP contribution < -0.4 is 5.32 Å². The maximum Gasteiger partial charge on any atom is 0.412 e. The van der Waals surface area contributed by atoms with E-state index < -0.39 is 11.7 Å². The average Bonchev–Trinajstić information content (AvgIpc) is 2.20. The summed E-state index contributed by atoms with van der Waals surface area (Å²) < 4.78 is 5.19. The molecule has 0 aliphatic carbocycles. The van der Waals surface area contributed by atoms with E-state index in [1.165, 1.54) is 0 Å². The molecule has 1 amide bonds. The predicted octanol–water partition coefficient (Wildman–Crippen LogP) is 3.52. The molecule has 0 aliphatic heterocycles. The van der Waals surface area contributed by atoms with Crippen LogP contribution in [-0.4, -0.2) is 11.7 Å². The smallest absolute Gasteiger partial charge is 0.412 e. The maximum absolute atomic E-state index is 11.6. The first-order valence-corrected chi connectivity index (χ1v) is 5.85. The maximum atomic E-state index is 11.6. The number of amides is 1. The van der Waals surface area contributed by atoms with Gasteiger partial charge in [-0.15, -0.1) is 12.3 Å². The van der Waals surface area contributed by atoms with Gasteiger partial charge in [0.15, 0.2) is 0 Å². The van der Waals surface area contributed by atoms with Crippen molar-refractivity contribution in [1.82, 2.24) is 0 Å². The molecule has 1 rings (SSSR count). The summed E-state index contributed by atoms with van der Waals surface area (Å²) in [6, 6.07) is 5.71. The third-order valence-electron chi connectivity index (χ3n) is 2.23. The van der Waals surface area contributed by atoms with Crippen LogP contribution in [0, 0.1) is 19.3 Å². The van der Waals surface area contributed by atoms with E-state index in [4.69, 9.17) is 11.2 Å². The number of aryl methyl sites for hydroxylation is 1. The lowest BCUT2D eigenvalue weighted by Crippen LogP contribution is -2.27. The molecule has 1 aromatic carbocycles. The summed E-state index contributed by atoms with van der Waals surface area (Å²) in [5.41, 5.74) is 2.27. The van der Waals surface area contributed by atoms with Gasteiger partial charge in [0.05, 0.1) is 0 Å². The topological polar surface area (TPSA) is 38.3 Å². The number of hydrogen-bond acceptors (Lipinski definition) is 2. The van der Waals surface area contributed by atoms with E-state index >= 15 is 0 Å². The van der Waals surface area contributed by atoms with Gasteiger partial charge in [-0.2, -0.15) is 0 Å². The molecule has 0 saturated heterocycles. The van der Waals surface area contributed by atoms with Gasteiger partial charge in [0.2, 0.25) is 0 Å². The lowest BCUT2D eigenvalue weighted by Gasteiger charge is -2.20. The second-order valence-corrected chi connectivity index (χ2v) is 5.16. The Morgan fingerprint density at radius 1 is 1.44 bits per heavy atom. The van der Waals surface area contributed by atoms with Gasteiger partial charge in [-0.3, -0.25) is 5.32 Å². The number of nitrogens with one attached hydrogen (secondary N) is 1. The molecule has 0 fully saturated rings. The molecule has 18 heavy (non-hydrogen) atoms. The van der Waals surface area contributed by atoms with Gasteiger partial charge < -0.3 is 4.74 Å².